The fourth-order valence-corrected chi connectivity index (χ4v) is 3.98. The van der Waals surface area contributed by atoms with E-state index < -0.39 is 0 Å². The summed E-state index contributed by atoms with van der Waals surface area (Å²) in [5.41, 5.74) is 5.81. The number of hydrogen-bond donors (Lipinski definition) is 2. The molecule has 1 aromatic heterocycles. The summed E-state index contributed by atoms with van der Waals surface area (Å²) in [7, 11) is 0. The minimum Gasteiger partial charge on any atom is -0.487 e. The molecule has 1 heterocycles. The molecule has 3 atom stereocenters. The zero-order valence-electron chi connectivity index (χ0n) is 10.1. The number of aromatic nitrogens is 1. The van der Waals surface area contributed by atoms with Crippen LogP contribution in [0.3, 0.4) is 0 Å². The minimum absolute atomic E-state index is 0.516. The number of hydrogen-bond acceptors (Lipinski definition) is 5. The van der Waals surface area contributed by atoms with Crippen molar-refractivity contribution in [2.45, 2.75) is 38.6 Å². The van der Waals surface area contributed by atoms with Crippen LogP contribution in [-0.2, 0) is 0 Å². The molecule has 0 spiro atoms. The van der Waals surface area contributed by atoms with Gasteiger partial charge < -0.3 is 15.8 Å². The van der Waals surface area contributed by atoms with Gasteiger partial charge in [0, 0.05) is 6.04 Å². The fraction of sp³-hybridized carbons (Fsp3) is 0.750. The predicted octanol–water partition coefficient (Wildman–Crippen LogP) is 2.72. The van der Waals surface area contributed by atoms with Crippen LogP contribution >= 0.6 is 11.5 Å². The minimum atomic E-state index is 0.516. The van der Waals surface area contributed by atoms with Gasteiger partial charge in [-0.2, -0.15) is 4.37 Å². The number of ether oxygens (including phenoxy) is 1. The van der Waals surface area contributed by atoms with Crippen molar-refractivity contribution in [1.29, 1.82) is 0 Å². The van der Waals surface area contributed by atoms with Crippen molar-refractivity contribution in [1.82, 2.24) is 4.37 Å². The van der Waals surface area contributed by atoms with Crippen molar-refractivity contribution in [2.24, 2.45) is 11.8 Å². The fourth-order valence-electron chi connectivity index (χ4n) is 3.26. The number of nitrogens with zero attached hydrogens (tertiary/aromatic N) is 1. The SMILES string of the molecule is CCOc1c(N)nsc1NC1CC2CCC1C2. The Morgan fingerprint density at radius 1 is 1.47 bits per heavy atom. The van der Waals surface area contributed by atoms with E-state index in [0.717, 1.165) is 22.6 Å². The first kappa shape index (κ1) is 11.1. The normalized spacial score (nSPS) is 30.8. The van der Waals surface area contributed by atoms with Crippen molar-refractivity contribution in [3.8, 4) is 5.75 Å². The quantitative estimate of drug-likeness (QED) is 0.866. The molecule has 0 aliphatic heterocycles. The molecule has 2 aliphatic carbocycles. The summed E-state index contributed by atoms with van der Waals surface area (Å²) >= 11 is 1.42. The van der Waals surface area contributed by atoms with Crippen LogP contribution in [0.4, 0.5) is 10.8 Å². The molecule has 1 aromatic rings. The van der Waals surface area contributed by atoms with Gasteiger partial charge in [-0.3, -0.25) is 0 Å². The second kappa shape index (κ2) is 4.37. The summed E-state index contributed by atoms with van der Waals surface area (Å²) in [6, 6.07) is 0.604. The maximum Gasteiger partial charge on any atom is 0.197 e. The first-order chi connectivity index (χ1) is 8.28. The van der Waals surface area contributed by atoms with Gasteiger partial charge in [-0.15, -0.1) is 0 Å². The Hall–Kier alpha value is -0.970. The highest BCUT2D eigenvalue weighted by atomic mass is 32.1. The van der Waals surface area contributed by atoms with Gasteiger partial charge >= 0.3 is 0 Å². The average Bonchev–Trinajstić information content (AvgIpc) is 3.00. The van der Waals surface area contributed by atoms with Gasteiger partial charge in [0.15, 0.2) is 16.6 Å². The molecule has 3 rings (SSSR count). The lowest BCUT2D eigenvalue weighted by molar-refractivity contribution is 0.343. The van der Waals surface area contributed by atoms with Crippen molar-refractivity contribution in [3.63, 3.8) is 0 Å². The molecule has 94 valence electrons. The van der Waals surface area contributed by atoms with E-state index in [1.807, 2.05) is 6.92 Å². The number of nitrogens with two attached hydrogens (primary N) is 1. The molecule has 2 saturated carbocycles. The third kappa shape index (κ3) is 1.97. The van der Waals surface area contributed by atoms with E-state index in [1.165, 1.54) is 37.2 Å². The Balaban J connectivity index is 1.72. The first-order valence-corrected chi connectivity index (χ1v) is 7.19. The van der Waals surface area contributed by atoms with Crippen LogP contribution in [0.25, 0.3) is 0 Å². The second-order valence-corrected chi connectivity index (χ2v) is 5.86. The van der Waals surface area contributed by atoms with E-state index in [-0.39, 0.29) is 0 Å². The predicted molar refractivity (Wildman–Crippen MR) is 70.6 cm³/mol. The lowest BCUT2D eigenvalue weighted by Crippen LogP contribution is -2.25. The smallest absolute Gasteiger partial charge is 0.197 e. The molecular formula is C12H19N3OS. The van der Waals surface area contributed by atoms with Gasteiger partial charge in [0.05, 0.1) is 6.61 Å². The topological polar surface area (TPSA) is 60.2 Å². The van der Waals surface area contributed by atoms with Gasteiger partial charge in [0.2, 0.25) is 0 Å². The molecule has 0 radical (unpaired) electrons. The van der Waals surface area contributed by atoms with Gasteiger partial charge in [-0.1, -0.05) is 6.42 Å². The van der Waals surface area contributed by atoms with E-state index in [0.29, 0.717) is 18.5 Å². The standard InChI is InChI=1S/C12H19N3OS/c1-2-16-10-11(13)15-17-12(10)14-9-6-7-3-4-8(9)5-7/h7-9,14H,2-6H2,1H3,(H2,13,15). The lowest BCUT2D eigenvalue weighted by Gasteiger charge is -2.23. The van der Waals surface area contributed by atoms with Gasteiger partial charge in [-0.25, -0.2) is 0 Å². The highest BCUT2D eigenvalue weighted by Gasteiger charge is 2.40. The largest absolute Gasteiger partial charge is 0.487 e. The summed E-state index contributed by atoms with van der Waals surface area (Å²) in [5.74, 6) is 3.05. The number of rotatable bonds is 4. The molecule has 0 amide bonds. The molecule has 3 N–H and O–H groups in total. The second-order valence-electron chi connectivity index (χ2n) is 5.08. The van der Waals surface area contributed by atoms with Gasteiger partial charge in [0.25, 0.3) is 0 Å². The van der Waals surface area contributed by atoms with E-state index in [2.05, 4.69) is 9.69 Å². The Labute approximate surface area is 106 Å². The number of nitrogens with one attached hydrogen (secondary N) is 1. The summed E-state index contributed by atoms with van der Waals surface area (Å²) in [6.45, 7) is 2.60. The molecular weight excluding hydrogens is 234 g/mol. The number of anilines is 2. The Bertz CT molecular complexity index is 406. The summed E-state index contributed by atoms with van der Waals surface area (Å²) in [6.07, 6.45) is 5.50. The van der Waals surface area contributed by atoms with Crippen molar-refractivity contribution in [2.75, 3.05) is 17.7 Å². The molecule has 2 fully saturated rings. The maximum atomic E-state index is 5.81. The molecule has 3 unspecified atom stereocenters. The van der Waals surface area contributed by atoms with Gasteiger partial charge in [-0.05, 0) is 49.6 Å². The lowest BCUT2D eigenvalue weighted by atomic mass is 9.95. The Morgan fingerprint density at radius 3 is 3.00 bits per heavy atom. The van der Waals surface area contributed by atoms with Crippen LogP contribution in [0, 0.1) is 11.8 Å². The third-order valence-electron chi connectivity index (χ3n) is 4.02. The molecule has 0 saturated heterocycles. The Kier molecular flexibility index (Phi) is 2.86. The van der Waals surface area contributed by atoms with Crippen molar-refractivity contribution < 1.29 is 4.74 Å². The van der Waals surface area contributed by atoms with E-state index in [9.17, 15) is 0 Å². The number of nitrogen functional groups attached to an aromatic ring is 1. The molecule has 2 aliphatic rings. The maximum absolute atomic E-state index is 5.81. The van der Waals surface area contributed by atoms with E-state index in [4.69, 9.17) is 10.5 Å². The molecule has 17 heavy (non-hydrogen) atoms. The van der Waals surface area contributed by atoms with E-state index >= 15 is 0 Å². The highest BCUT2D eigenvalue weighted by Crippen LogP contribution is 2.47. The molecule has 2 bridgehead atoms. The molecule has 0 aromatic carbocycles. The van der Waals surface area contributed by atoms with Crippen LogP contribution in [0.15, 0.2) is 0 Å². The number of fused-ring (bicyclic) bond motifs is 2. The van der Waals surface area contributed by atoms with Crippen molar-refractivity contribution >= 4 is 22.4 Å². The third-order valence-corrected chi connectivity index (χ3v) is 4.79. The van der Waals surface area contributed by atoms with Crippen LogP contribution in [0.1, 0.15) is 32.6 Å². The average molecular weight is 253 g/mol. The van der Waals surface area contributed by atoms with Crippen LogP contribution < -0.4 is 15.8 Å². The van der Waals surface area contributed by atoms with Gasteiger partial charge in [0.1, 0.15) is 0 Å². The van der Waals surface area contributed by atoms with Crippen molar-refractivity contribution in [3.05, 3.63) is 0 Å². The van der Waals surface area contributed by atoms with Crippen LogP contribution in [-0.4, -0.2) is 17.0 Å². The van der Waals surface area contributed by atoms with Crippen LogP contribution in [0.2, 0.25) is 0 Å². The van der Waals surface area contributed by atoms with Crippen LogP contribution in [0.5, 0.6) is 5.75 Å². The molecule has 4 nitrogen and oxygen atoms in total. The summed E-state index contributed by atoms with van der Waals surface area (Å²) in [5, 5.41) is 4.61. The zero-order chi connectivity index (χ0) is 11.8. The molecule has 5 heteroatoms. The zero-order valence-corrected chi connectivity index (χ0v) is 10.9. The summed E-state index contributed by atoms with van der Waals surface area (Å²) < 4.78 is 9.73. The van der Waals surface area contributed by atoms with E-state index in [1.54, 1.807) is 0 Å². The first-order valence-electron chi connectivity index (χ1n) is 6.42. The monoisotopic (exact) mass is 253 g/mol. The Morgan fingerprint density at radius 2 is 2.35 bits per heavy atom. The summed E-state index contributed by atoms with van der Waals surface area (Å²) in [4.78, 5) is 0. The highest BCUT2D eigenvalue weighted by molar-refractivity contribution is 7.11.